The van der Waals surface area contributed by atoms with Crippen molar-refractivity contribution in [1.82, 2.24) is 9.88 Å². The normalized spacial score (nSPS) is 10.8. The molecule has 5 heteroatoms. The zero-order valence-corrected chi connectivity index (χ0v) is 15.4. The first-order valence-corrected chi connectivity index (χ1v) is 9.57. The molecule has 0 atom stereocenters. The minimum absolute atomic E-state index is 0.0375. The first kappa shape index (κ1) is 17.2. The molecule has 2 aromatic heterocycles. The Morgan fingerprint density at radius 1 is 0.926 bits per heavy atom. The molecule has 134 valence electrons. The number of carbonyl (C=O) groups is 2. The number of rotatable bonds is 6. The van der Waals surface area contributed by atoms with Gasteiger partial charge in [0.05, 0.1) is 6.54 Å². The number of para-hydroxylation sites is 1. The van der Waals surface area contributed by atoms with Crippen LogP contribution in [0.1, 0.15) is 20.8 Å². The molecule has 4 nitrogen and oxygen atoms in total. The number of amides is 1. The molecular weight excluding hydrogens is 356 g/mol. The molecule has 0 saturated carbocycles. The third kappa shape index (κ3) is 3.68. The lowest BCUT2D eigenvalue weighted by Crippen LogP contribution is -2.26. The summed E-state index contributed by atoms with van der Waals surface area (Å²) in [5.41, 5.74) is 2.13. The zero-order chi connectivity index (χ0) is 18.6. The second-order valence-electron chi connectivity index (χ2n) is 6.24. The lowest BCUT2D eigenvalue weighted by atomic mass is 10.0. The maximum Gasteiger partial charge on any atom is 0.240 e. The highest BCUT2D eigenvalue weighted by Gasteiger charge is 2.17. The van der Waals surface area contributed by atoms with E-state index in [0.717, 1.165) is 15.8 Å². The number of thiophene rings is 1. The second kappa shape index (κ2) is 7.60. The summed E-state index contributed by atoms with van der Waals surface area (Å²) >= 11 is 1.61. The van der Waals surface area contributed by atoms with Gasteiger partial charge in [0.1, 0.15) is 6.54 Å². The minimum atomic E-state index is -0.0807. The van der Waals surface area contributed by atoms with Crippen molar-refractivity contribution in [2.24, 2.45) is 0 Å². The van der Waals surface area contributed by atoms with E-state index >= 15 is 0 Å². The Morgan fingerprint density at radius 3 is 2.48 bits per heavy atom. The molecule has 0 saturated heterocycles. The second-order valence-corrected chi connectivity index (χ2v) is 7.27. The van der Waals surface area contributed by atoms with Crippen LogP contribution in [-0.2, 0) is 17.9 Å². The highest BCUT2D eigenvalue weighted by Crippen LogP contribution is 2.24. The lowest BCUT2D eigenvalue weighted by Gasteiger charge is -2.06. The van der Waals surface area contributed by atoms with E-state index < -0.39 is 0 Å². The van der Waals surface area contributed by atoms with E-state index in [-0.39, 0.29) is 18.2 Å². The van der Waals surface area contributed by atoms with Crippen molar-refractivity contribution in [2.75, 3.05) is 0 Å². The number of benzene rings is 2. The standard InChI is InChI=1S/C22H18N2O2S/c25-21(23-13-17-9-6-12-27-17)15-24-14-19(18-10-4-5-11-20(18)24)22(26)16-7-2-1-3-8-16/h1-12,14H,13,15H2,(H,23,25). The molecule has 0 bridgehead atoms. The molecule has 0 radical (unpaired) electrons. The number of aromatic nitrogens is 1. The van der Waals surface area contributed by atoms with E-state index in [1.165, 1.54) is 0 Å². The van der Waals surface area contributed by atoms with Crippen LogP contribution in [0.2, 0.25) is 0 Å². The number of nitrogens with zero attached hydrogens (tertiary/aromatic N) is 1. The van der Waals surface area contributed by atoms with Crippen LogP contribution in [0, 0.1) is 0 Å². The molecule has 0 spiro atoms. The van der Waals surface area contributed by atoms with Crippen LogP contribution in [0.25, 0.3) is 10.9 Å². The van der Waals surface area contributed by atoms with Crippen LogP contribution in [0.5, 0.6) is 0 Å². The zero-order valence-electron chi connectivity index (χ0n) is 14.6. The summed E-state index contributed by atoms with van der Waals surface area (Å²) in [5.74, 6) is -0.118. The van der Waals surface area contributed by atoms with Gasteiger partial charge < -0.3 is 9.88 Å². The largest absolute Gasteiger partial charge is 0.350 e. The van der Waals surface area contributed by atoms with Crippen molar-refractivity contribution in [3.8, 4) is 0 Å². The molecule has 0 aliphatic rings. The van der Waals surface area contributed by atoms with Crippen molar-refractivity contribution in [2.45, 2.75) is 13.1 Å². The Balaban J connectivity index is 1.60. The molecule has 0 unspecified atom stereocenters. The van der Waals surface area contributed by atoms with E-state index in [2.05, 4.69) is 5.32 Å². The van der Waals surface area contributed by atoms with E-state index in [4.69, 9.17) is 0 Å². The van der Waals surface area contributed by atoms with Crippen LogP contribution in [0.3, 0.4) is 0 Å². The van der Waals surface area contributed by atoms with E-state index in [9.17, 15) is 9.59 Å². The number of hydrogen-bond acceptors (Lipinski definition) is 3. The smallest absolute Gasteiger partial charge is 0.240 e. The average Bonchev–Trinajstić information content (AvgIpc) is 3.35. The van der Waals surface area contributed by atoms with Crippen molar-refractivity contribution >= 4 is 33.9 Å². The quantitative estimate of drug-likeness (QED) is 0.513. The van der Waals surface area contributed by atoms with Crippen molar-refractivity contribution in [3.05, 3.63) is 94.3 Å². The van der Waals surface area contributed by atoms with Crippen molar-refractivity contribution in [3.63, 3.8) is 0 Å². The Morgan fingerprint density at radius 2 is 1.70 bits per heavy atom. The van der Waals surface area contributed by atoms with Crippen LogP contribution < -0.4 is 5.32 Å². The van der Waals surface area contributed by atoms with Gasteiger partial charge >= 0.3 is 0 Å². The lowest BCUT2D eigenvalue weighted by molar-refractivity contribution is -0.121. The van der Waals surface area contributed by atoms with Gasteiger partial charge in [-0.05, 0) is 17.5 Å². The number of fused-ring (bicyclic) bond motifs is 1. The van der Waals surface area contributed by atoms with E-state index in [1.807, 2.05) is 76.7 Å². The number of carbonyl (C=O) groups excluding carboxylic acids is 2. The third-order valence-electron chi connectivity index (χ3n) is 4.42. The highest BCUT2D eigenvalue weighted by molar-refractivity contribution is 7.09. The van der Waals surface area contributed by atoms with Crippen LogP contribution in [-0.4, -0.2) is 16.3 Å². The molecule has 4 aromatic rings. The summed E-state index contributed by atoms with van der Waals surface area (Å²) < 4.78 is 1.84. The summed E-state index contributed by atoms with van der Waals surface area (Å²) in [6.07, 6.45) is 1.78. The summed E-state index contributed by atoms with van der Waals surface area (Å²) in [5, 5.41) is 5.78. The molecule has 0 fully saturated rings. The monoisotopic (exact) mass is 374 g/mol. The van der Waals surface area contributed by atoms with Gasteiger partial charge in [0.25, 0.3) is 0 Å². The first-order chi connectivity index (χ1) is 13.2. The Kier molecular flexibility index (Phi) is 4.85. The van der Waals surface area contributed by atoms with Crippen LogP contribution in [0.15, 0.2) is 78.3 Å². The summed E-state index contributed by atoms with van der Waals surface area (Å²) in [4.78, 5) is 26.4. The number of hydrogen-bond donors (Lipinski definition) is 1. The summed E-state index contributed by atoms with van der Waals surface area (Å²) in [7, 11) is 0. The Labute approximate surface area is 161 Å². The van der Waals surface area contributed by atoms with E-state index in [0.29, 0.717) is 17.7 Å². The predicted molar refractivity (Wildman–Crippen MR) is 108 cm³/mol. The highest BCUT2D eigenvalue weighted by atomic mass is 32.1. The van der Waals surface area contributed by atoms with Gasteiger partial charge in [0.2, 0.25) is 5.91 Å². The Bertz CT molecular complexity index is 1080. The predicted octanol–water partition coefficient (Wildman–Crippen LogP) is 4.25. The average molecular weight is 374 g/mol. The van der Waals surface area contributed by atoms with Crippen LogP contribution >= 0.6 is 11.3 Å². The topological polar surface area (TPSA) is 51.1 Å². The fourth-order valence-corrected chi connectivity index (χ4v) is 3.76. The fourth-order valence-electron chi connectivity index (χ4n) is 3.11. The maximum absolute atomic E-state index is 12.9. The molecular formula is C22H18N2O2S. The summed E-state index contributed by atoms with van der Waals surface area (Å²) in [6.45, 7) is 0.694. The number of ketones is 1. The minimum Gasteiger partial charge on any atom is -0.350 e. The van der Waals surface area contributed by atoms with Gasteiger partial charge in [-0.25, -0.2) is 0 Å². The van der Waals surface area contributed by atoms with E-state index in [1.54, 1.807) is 17.5 Å². The van der Waals surface area contributed by atoms with Gasteiger partial charge in [-0.2, -0.15) is 0 Å². The molecule has 27 heavy (non-hydrogen) atoms. The molecule has 0 aliphatic heterocycles. The fraction of sp³-hybridized carbons (Fsp3) is 0.0909. The maximum atomic E-state index is 12.9. The van der Waals surface area contributed by atoms with Crippen molar-refractivity contribution < 1.29 is 9.59 Å². The SMILES string of the molecule is O=C(Cn1cc(C(=O)c2ccccc2)c2ccccc21)NCc1cccs1. The molecule has 2 aromatic carbocycles. The van der Waals surface area contributed by atoms with Gasteiger partial charge in [-0.3, -0.25) is 9.59 Å². The first-order valence-electron chi connectivity index (χ1n) is 8.69. The molecule has 4 rings (SSSR count). The molecule has 2 heterocycles. The van der Waals surface area contributed by atoms with Gasteiger partial charge in [0, 0.05) is 33.1 Å². The van der Waals surface area contributed by atoms with Crippen LogP contribution in [0.4, 0.5) is 0 Å². The van der Waals surface area contributed by atoms with Gasteiger partial charge in [-0.15, -0.1) is 11.3 Å². The van der Waals surface area contributed by atoms with Gasteiger partial charge in [-0.1, -0.05) is 54.6 Å². The Hall–Kier alpha value is -3.18. The third-order valence-corrected chi connectivity index (χ3v) is 5.30. The van der Waals surface area contributed by atoms with Gasteiger partial charge in [0.15, 0.2) is 5.78 Å². The molecule has 1 amide bonds. The molecule has 0 aliphatic carbocycles. The number of nitrogens with one attached hydrogen (secondary N) is 1. The van der Waals surface area contributed by atoms with Crippen molar-refractivity contribution in [1.29, 1.82) is 0 Å². The molecule has 1 N–H and O–H groups in total. The summed E-state index contributed by atoms with van der Waals surface area (Å²) in [6, 6.07) is 20.8.